The first-order chi connectivity index (χ1) is 15.3. The van der Waals surface area contributed by atoms with E-state index < -0.39 is 46.4 Å². The number of hydrogen-bond donors (Lipinski definition) is 1. The Balaban J connectivity index is 2.61. The third-order valence-electron chi connectivity index (χ3n) is 7.55. The van der Waals surface area contributed by atoms with Crippen LogP contribution in [0.2, 0.25) is 36.3 Å². The highest BCUT2D eigenvalue weighted by Gasteiger charge is 2.59. The summed E-state index contributed by atoms with van der Waals surface area (Å²) in [6.07, 6.45) is -0.969. The van der Waals surface area contributed by atoms with Crippen molar-refractivity contribution in [2.45, 2.75) is 102 Å². The van der Waals surface area contributed by atoms with E-state index >= 15 is 4.39 Å². The standard InChI is InChI=1S/C24H42FN3O4Si2/c1-12-14-24(16-30-33(8,9)22(2,3)4)19(32-34(10,11)23(5,6)7)18(25)20(31-24)28-15-13-17(26)27-21(28)29/h13-15,18-20H,1,16H2,2-11H3,(H2,26,27,29)/t18-,19-,20+,24+/m0/s1. The van der Waals surface area contributed by atoms with Gasteiger partial charge in [-0.05, 0) is 48.4 Å². The van der Waals surface area contributed by atoms with Gasteiger partial charge in [-0.2, -0.15) is 4.98 Å². The number of nitrogens with two attached hydrogens (primary N) is 1. The second-order valence-electron chi connectivity index (χ2n) is 12.1. The summed E-state index contributed by atoms with van der Waals surface area (Å²) in [5.41, 5.74) is 6.40. The van der Waals surface area contributed by atoms with Crippen LogP contribution in [0.5, 0.6) is 0 Å². The molecule has 7 nitrogen and oxygen atoms in total. The number of ether oxygens (including phenoxy) is 1. The molecule has 2 rings (SSSR count). The Morgan fingerprint density at radius 2 is 1.79 bits per heavy atom. The fraction of sp³-hybridized carbons (Fsp3) is 0.708. The zero-order valence-corrected chi connectivity index (χ0v) is 24.4. The zero-order valence-electron chi connectivity index (χ0n) is 22.4. The van der Waals surface area contributed by atoms with Crippen LogP contribution in [0.15, 0.2) is 35.4 Å². The fourth-order valence-corrected chi connectivity index (χ4v) is 5.56. The van der Waals surface area contributed by atoms with E-state index in [4.69, 9.17) is 19.3 Å². The van der Waals surface area contributed by atoms with Crippen LogP contribution in [-0.2, 0) is 13.6 Å². The van der Waals surface area contributed by atoms with E-state index in [2.05, 4.69) is 85.0 Å². The molecule has 2 N–H and O–H groups in total. The van der Waals surface area contributed by atoms with E-state index in [0.29, 0.717) is 0 Å². The average molecular weight is 512 g/mol. The Labute approximate surface area is 205 Å². The van der Waals surface area contributed by atoms with E-state index in [1.165, 1.54) is 12.3 Å². The highest BCUT2D eigenvalue weighted by molar-refractivity contribution is 6.74. The first-order valence-electron chi connectivity index (χ1n) is 11.6. The molecule has 0 bridgehead atoms. The van der Waals surface area contributed by atoms with Gasteiger partial charge in [-0.25, -0.2) is 9.18 Å². The van der Waals surface area contributed by atoms with E-state index in [0.717, 1.165) is 4.57 Å². The van der Waals surface area contributed by atoms with Crippen LogP contribution in [0.4, 0.5) is 10.2 Å². The van der Waals surface area contributed by atoms with E-state index in [-0.39, 0.29) is 22.5 Å². The van der Waals surface area contributed by atoms with Crippen LogP contribution in [0.25, 0.3) is 0 Å². The molecule has 0 aromatic carbocycles. The number of nitrogen functional groups attached to an aromatic ring is 1. The van der Waals surface area contributed by atoms with E-state index in [9.17, 15) is 4.79 Å². The normalized spacial score (nSPS) is 26.4. The number of rotatable bonds is 7. The van der Waals surface area contributed by atoms with Crippen LogP contribution in [-0.4, -0.2) is 50.7 Å². The highest BCUT2D eigenvalue weighted by Crippen LogP contribution is 2.47. The van der Waals surface area contributed by atoms with Gasteiger partial charge in [0, 0.05) is 6.20 Å². The molecule has 34 heavy (non-hydrogen) atoms. The topological polar surface area (TPSA) is 88.6 Å². The molecule has 0 amide bonds. The lowest BCUT2D eigenvalue weighted by Crippen LogP contribution is -2.55. The summed E-state index contributed by atoms with van der Waals surface area (Å²) in [5.74, 6) is 0.0576. The number of halogens is 1. The lowest BCUT2D eigenvalue weighted by molar-refractivity contribution is -0.0934. The second-order valence-corrected chi connectivity index (χ2v) is 21.7. The summed E-state index contributed by atoms with van der Waals surface area (Å²) in [4.78, 5) is 16.3. The molecular weight excluding hydrogens is 469 g/mol. The minimum Gasteiger partial charge on any atom is -0.413 e. The summed E-state index contributed by atoms with van der Waals surface area (Å²) in [7, 11) is -4.68. The van der Waals surface area contributed by atoms with Gasteiger partial charge in [0.05, 0.1) is 6.61 Å². The Bertz CT molecular complexity index is 993. The minimum absolute atomic E-state index is 0.0549. The van der Waals surface area contributed by atoms with Crippen molar-refractivity contribution in [3.05, 3.63) is 41.1 Å². The van der Waals surface area contributed by atoms with Crippen LogP contribution >= 0.6 is 0 Å². The van der Waals surface area contributed by atoms with Gasteiger partial charge in [-0.1, -0.05) is 48.1 Å². The quantitative estimate of drug-likeness (QED) is 0.401. The van der Waals surface area contributed by atoms with Crippen LogP contribution in [0.3, 0.4) is 0 Å². The first-order valence-corrected chi connectivity index (χ1v) is 17.4. The van der Waals surface area contributed by atoms with Gasteiger partial charge >= 0.3 is 5.69 Å². The molecule has 0 spiro atoms. The number of aromatic nitrogens is 2. The number of hydrogen-bond acceptors (Lipinski definition) is 6. The minimum atomic E-state index is -2.45. The van der Waals surface area contributed by atoms with E-state index in [1.807, 2.05) is 0 Å². The van der Waals surface area contributed by atoms with Gasteiger partial charge in [0.2, 0.25) is 0 Å². The summed E-state index contributed by atoms with van der Waals surface area (Å²) in [6.45, 7) is 24.8. The van der Waals surface area contributed by atoms with Gasteiger partial charge < -0.3 is 19.3 Å². The SMILES string of the molecule is C=C=C[C@]1(CO[Si](C)(C)C(C)(C)C)O[C@@H](n2ccc(N)nc2=O)[C@@H](F)[C@@H]1O[Si](C)(C)C(C)(C)C. The lowest BCUT2D eigenvalue weighted by atomic mass is 9.96. The smallest absolute Gasteiger partial charge is 0.351 e. The van der Waals surface area contributed by atoms with Gasteiger partial charge in [0.15, 0.2) is 29.0 Å². The molecular formula is C24H42FN3O4Si2. The molecule has 1 fully saturated rings. The largest absolute Gasteiger partial charge is 0.413 e. The number of anilines is 1. The predicted octanol–water partition coefficient (Wildman–Crippen LogP) is 5.18. The molecule has 4 atom stereocenters. The highest BCUT2D eigenvalue weighted by atomic mass is 28.4. The molecule has 0 unspecified atom stereocenters. The molecule has 192 valence electrons. The fourth-order valence-electron chi connectivity index (χ4n) is 3.22. The molecule has 1 saturated heterocycles. The summed E-state index contributed by atoms with van der Waals surface area (Å²) < 4.78 is 36.8. The summed E-state index contributed by atoms with van der Waals surface area (Å²) >= 11 is 0. The molecule has 1 aliphatic heterocycles. The maximum absolute atomic E-state index is 16.3. The van der Waals surface area contributed by atoms with Crippen molar-refractivity contribution < 1.29 is 18.0 Å². The van der Waals surface area contributed by atoms with Gasteiger partial charge in [0.25, 0.3) is 0 Å². The van der Waals surface area contributed by atoms with Crippen molar-refractivity contribution in [2.24, 2.45) is 0 Å². The Kier molecular flexibility index (Phi) is 8.00. The van der Waals surface area contributed by atoms with Crippen LogP contribution in [0.1, 0.15) is 47.8 Å². The molecule has 0 radical (unpaired) electrons. The number of alkyl halides is 1. The van der Waals surface area contributed by atoms with Crippen molar-refractivity contribution in [1.29, 1.82) is 0 Å². The second kappa shape index (κ2) is 9.48. The van der Waals surface area contributed by atoms with Crippen LogP contribution in [0, 0.1) is 0 Å². The summed E-state index contributed by atoms with van der Waals surface area (Å²) in [5, 5.41) is -0.235. The molecule has 1 aliphatic rings. The van der Waals surface area contributed by atoms with Crippen molar-refractivity contribution >= 4 is 22.5 Å². The maximum atomic E-state index is 16.3. The molecule has 1 aromatic rings. The lowest BCUT2D eigenvalue weighted by Gasteiger charge is -2.44. The zero-order chi connectivity index (χ0) is 26.3. The van der Waals surface area contributed by atoms with Crippen molar-refractivity contribution in [3.8, 4) is 0 Å². The van der Waals surface area contributed by atoms with Crippen molar-refractivity contribution in [3.63, 3.8) is 0 Å². The molecule has 10 heteroatoms. The number of nitrogens with zero attached hydrogens (tertiary/aromatic N) is 2. The molecule has 0 aliphatic carbocycles. The monoisotopic (exact) mass is 511 g/mol. The van der Waals surface area contributed by atoms with Gasteiger partial charge in [0.1, 0.15) is 17.5 Å². The maximum Gasteiger partial charge on any atom is 0.351 e. The third-order valence-corrected chi connectivity index (χ3v) is 16.5. The molecule has 1 aromatic heterocycles. The van der Waals surface area contributed by atoms with Gasteiger partial charge in [-0.15, -0.1) is 5.73 Å². The van der Waals surface area contributed by atoms with Crippen LogP contribution < -0.4 is 11.4 Å². The summed E-state index contributed by atoms with van der Waals surface area (Å²) in [6, 6.07) is 1.44. The molecule has 2 heterocycles. The third kappa shape index (κ3) is 5.63. The Morgan fingerprint density at radius 3 is 2.26 bits per heavy atom. The van der Waals surface area contributed by atoms with Crippen molar-refractivity contribution in [2.75, 3.05) is 12.3 Å². The Morgan fingerprint density at radius 1 is 1.24 bits per heavy atom. The average Bonchev–Trinajstić information content (AvgIpc) is 2.91. The van der Waals surface area contributed by atoms with E-state index in [1.54, 1.807) is 6.08 Å². The molecule has 0 saturated carbocycles. The van der Waals surface area contributed by atoms with Crippen molar-refractivity contribution in [1.82, 2.24) is 9.55 Å². The first kappa shape index (κ1) is 28.7. The van der Waals surface area contributed by atoms with Gasteiger partial charge in [-0.3, -0.25) is 4.57 Å². The Hall–Kier alpha value is -1.56. The predicted molar refractivity (Wildman–Crippen MR) is 140 cm³/mol.